The molecule has 3 N–H and O–H groups in total. The van der Waals surface area contributed by atoms with Crippen molar-refractivity contribution in [1.82, 2.24) is 5.32 Å². The van der Waals surface area contributed by atoms with Gasteiger partial charge in [-0.25, -0.2) is 8.78 Å². The van der Waals surface area contributed by atoms with Gasteiger partial charge in [0.1, 0.15) is 18.0 Å². The standard InChI is InChI=1S/C11H14F2N2O2/c1-11(15-2,10(14)16)6-17-9-5-7(12)3-4-8(9)13/h3-5,15H,6H2,1-2H3,(H2,14,16). The quantitative estimate of drug-likeness (QED) is 0.805. The average Bonchev–Trinajstić information content (AvgIpc) is 2.29. The third-order valence-electron chi connectivity index (χ3n) is 2.51. The van der Waals surface area contributed by atoms with E-state index in [1.165, 1.54) is 14.0 Å². The predicted octanol–water partition coefficient (Wildman–Crippen LogP) is 0.807. The summed E-state index contributed by atoms with van der Waals surface area (Å²) >= 11 is 0. The number of hydrogen-bond donors (Lipinski definition) is 2. The van der Waals surface area contributed by atoms with Crippen molar-refractivity contribution in [3.8, 4) is 5.75 Å². The van der Waals surface area contributed by atoms with Crippen molar-refractivity contribution in [1.29, 1.82) is 0 Å². The summed E-state index contributed by atoms with van der Waals surface area (Å²) in [5, 5.41) is 2.67. The molecule has 1 amide bonds. The van der Waals surface area contributed by atoms with Crippen LogP contribution in [0, 0.1) is 11.6 Å². The fraction of sp³-hybridized carbons (Fsp3) is 0.364. The summed E-state index contributed by atoms with van der Waals surface area (Å²) in [6.07, 6.45) is 0. The molecule has 0 spiro atoms. The Morgan fingerprint density at radius 3 is 2.71 bits per heavy atom. The highest BCUT2D eigenvalue weighted by molar-refractivity contribution is 5.84. The van der Waals surface area contributed by atoms with Crippen LogP contribution in [0.1, 0.15) is 6.92 Å². The number of halogens is 2. The maximum Gasteiger partial charge on any atom is 0.240 e. The lowest BCUT2D eigenvalue weighted by molar-refractivity contribution is -0.124. The summed E-state index contributed by atoms with van der Waals surface area (Å²) in [6, 6.07) is 2.84. The van der Waals surface area contributed by atoms with Crippen molar-refractivity contribution in [3.63, 3.8) is 0 Å². The highest BCUT2D eigenvalue weighted by Gasteiger charge is 2.30. The molecule has 6 heteroatoms. The molecule has 94 valence electrons. The number of carbonyl (C=O) groups is 1. The topological polar surface area (TPSA) is 64.3 Å². The Labute approximate surface area is 97.8 Å². The van der Waals surface area contributed by atoms with Gasteiger partial charge in [0, 0.05) is 6.07 Å². The van der Waals surface area contributed by atoms with E-state index in [-0.39, 0.29) is 12.4 Å². The van der Waals surface area contributed by atoms with Crippen LogP contribution in [0.3, 0.4) is 0 Å². The van der Waals surface area contributed by atoms with Gasteiger partial charge in [-0.3, -0.25) is 4.79 Å². The molecule has 1 aromatic carbocycles. The van der Waals surface area contributed by atoms with Crippen LogP contribution in [-0.4, -0.2) is 25.1 Å². The van der Waals surface area contributed by atoms with Gasteiger partial charge in [0.05, 0.1) is 0 Å². The van der Waals surface area contributed by atoms with E-state index in [0.29, 0.717) is 0 Å². The van der Waals surface area contributed by atoms with E-state index in [2.05, 4.69) is 5.32 Å². The number of hydrogen-bond acceptors (Lipinski definition) is 3. The molecular formula is C11H14F2N2O2. The minimum Gasteiger partial charge on any atom is -0.488 e. The summed E-state index contributed by atoms with van der Waals surface area (Å²) in [7, 11) is 1.52. The Morgan fingerprint density at radius 2 is 2.18 bits per heavy atom. The van der Waals surface area contributed by atoms with E-state index in [1.54, 1.807) is 0 Å². The smallest absolute Gasteiger partial charge is 0.240 e. The Morgan fingerprint density at radius 1 is 1.53 bits per heavy atom. The Balaban J connectivity index is 2.79. The molecule has 0 aliphatic heterocycles. The Bertz CT molecular complexity index is 426. The molecule has 0 heterocycles. The van der Waals surface area contributed by atoms with Crippen molar-refractivity contribution in [2.75, 3.05) is 13.7 Å². The van der Waals surface area contributed by atoms with E-state index in [9.17, 15) is 13.6 Å². The van der Waals surface area contributed by atoms with E-state index >= 15 is 0 Å². The number of ether oxygens (including phenoxy) is 1. The second-order valence-corrected chi connectivity index (χ2v) is 3.81. The van der Waals surface area contributed by atoms with Gasteiger partial charge < -0.3 is 15.8 Å². The number of amides is 1. The van der Waals surface area contributed by atoms with Crippen LogP contribution in [0.25, 0.3) is 0 Å². The largest absolute Gasteiger partial charge is 0.488 e. The molecule has 0 bridgehead atoms. The molecule has 0 aromatic heterocycles. The van der Waals surface area contributed by atoms with Crippen LogP contribution >= 0.6 is 0 Å². The minimum absolute atomic E-state index is 0.195. The molecule has 0 saturated heterocycles. The number of carbonyl (C=O) groups excluding carboxylic acids is 1. The van der Waals surface area contributed by atoms with Gasteiger partial charge in [0.15, 0.2) is 11.6 Å². The fourth-order valence-corrected chi connectivity index (χ4v) is 1.08. The zero-order valence-electron chi connectivity index (χ0n) is 9.59. The first kappa shape index (κ1) is 13.4. The first-order valence-electron chi connectivity index (χ1n) is 4.96. The monoisotopic (exact) mass is 244 g/mol. The van der Waals surface area contributed by atoms with Gasteiger partial charge in [0.2, 0.25) is 5.91 Å². The first-order valence-corrected chi connectivity index (χ1v) is 4.96. The zero-order chi connectivity index (χ0) is 13.1. The third kappa shape index (κ3) is 3.13. The first-order chi connectivity index (χ1) is 7.89. The number of nitrogens with one attached hydrogen (secondary N) is 1. The molecule has 0 aliphatic rings. The molecule has 0 aliphatic carbocycles. The second-order valence-electron chi connectivity index (χ2n) is 3.81. The average molecular weight is 244 g/mol. The molecule has 0 fully saturated rings. The molecule has 4 nitrogen and oxygen atoms in total. The highest BCUT2D eigenvalue weighted by Crippen LogP contribution is 2.19. The van der Waals surface area contributed by atoms with Crippen molar-refractivity contribution >= 4 is 5.91 Å². The number of nitrogens with two attached hydrogens (primary N) is 1. The highest BCUT2D eigenvalue weighted by atomic mass is 19.1. The van der Waals surface area contributed by atoms with Crippen molar-refractivity contribution in [2.24, 2.45) is 5.73 Å². The molecule has 0 saturated carbocycles. The molecule has 1 atom stereocenters. The Kier molecular flexibility index (Phi) is 4.01. The lowest BCUT2D eigenvalue weighted by Crippen LogP contribution is -2.55. The summed E-state index contributed by atoms with van der Waals surface area (Å²) in [4.78, 5) is 11.1. The van der Waals surface area contributed by atoms with Crippen molar-refractivity contribution in [3.05, 3.63) is 29.8 Å². The molecule has 1 unspecified atom stereocenters. The Hall–Kier alpha value is -1.69. The number of likely N-dealkylation sites (N-methyl/N-ethyl adjacent to an activating group) is 1. The summed E-state index contributed by atoms with van der Waals surface area (Å²) < 4.78 is 31.1. The van der Waals surface area contributed by atoms with Gasteiger partial charge >= 0.3 is 0 Å². The zero-order valence-corrected chi connectivity index (χ0v) is 9.59. The maximum absolute atomic E-state index is 13.2. The third-order valence-corrected chi connectivity index (χ3v) is 2.51. The molecule has 1 aromatic rings. The van der Waals surface area contributed by atoms with E-state index in [1.807, 2.05) is 0 Å². The van der Waals surface area contributed by atoms with Crippen molar-refractivity contribution < 1.29 is 18.3 Å². The molecule has 0 radical (unpaired) electrons. The maximum atomic E-state index is 13.2. The van der Waals surface area contributed by atoms with Crippen molar-refractivity contribution in [2.45, 2.75) is 12.5 Å². The number of rotatable bonds is 5. The molecule has 1 rings (SSSR count). The van der Waals surface area contributed by atoms with Gasteiger partial charge in [-0.1, -0.05) is 0 Å². The van der Waals surface area contributed by atoms with Crippen LogP contribution < -0.4 is 15.8 Å². The number of primary amides is 1. The predicted molar refractivity (Wildman–Crippen MR) is 58.5 cm³/mol. The van der Waals surface area contributed by atoms with Gasteiger partial charge in [-0.15, -0.1) is 0 Å². The van der Waals surface area contributed by atoms with Gasteiger partial charge in [0.25, 0.3) is 0 Å². The minimum atomic E-state index is -1.14. The lowest BCUT2D eigenvalue weighted by Gasteiger charge is -2.25. The summed E-state index contributed by atoms with van der Waals surface area (Å²) in [6.45, 7) is 1.31. The summed E-state index contributed by atoms with van der Waals surface area (Å²) in [5.41, 5.74) is 4.02. The van der Waals surface area contributed by atoms with Gasteiger partial charge in [-0.05, 0) is 26.1 Å². The second kappa shape index (κ2) is 5.09. The van der Waals surface area contributed by atoms with Crippen LogP contribution in [0.5, 0.6) is 5.75 Å². The van der Waals surface area contributed by atoms with E-state index < -0.39 is 23.1 Å². The van der Waals surface area contributed by atoms with Gasteiger partial charge in [-0.2, -0.15) is 0 Å². The normalized spacial score (nSPS) is 14.1. The molecule has 17 heavy (non-hydrogen) atoms. The van der Waals surface area contributed by atoms with Crippen LogP contribution in [-0.2, 0) is 4.79 Å². The fourth-order valence-electron chi connectivity index (χ4n) is 1.08. The van der Waals surface area contributed by atoms with Crippen LogP contribution in [0.4, 0.5) is 8.78 Å². The number of benzene rings is 1. The van der Waals surface area contributed by atoms with Crippen LogP contribution in [0.15, 0.2) is 18.2 Å². The summed E-state index contributed by atoms with van der Waals surface area (Å²) in [5.74, 6) is -2.22. The van der Waals surface area contributed by atoms with E-state index in [0.717, 1.165) is 18.2 Å². The SMILES string of the molecule is CNC(C)(COc1cc(F)ccc1F)C(N)=O. The molecular weight excluding hydrogens is 230 g/mol. The van der Waals surface area contributed by atoms with E-state index in [4.69, 9.17) is 10.5 Å². The van der Waals surface area contributed by atoms with Crippen LogP contribution in [0.2, 0.25) is 0 Å². The lowest BCUT2D eigenvalue weighted by atomic mass is 10.0.